The van der Waals surface area contributed by atoms with Crippen molar-refractivity contribution in [1.29, 1.82) is 0 Å². The van der Waals surface area contributed by atoms with Crippen LogP contribution >= 0.6 is 39.9 Å². The van der Waals surface area contributed by atoms with Crippen molar-refractivity contribution in [3.8, 4) is 0 Å². The van der Waals surface area contributed by atoms with Gasteiger partial charge in [0.05, 0.1) is 10.6 Å². The Labute approximate surface area is 141 Å². The maximum absolute atomic E-state index is 12.5. The lowest BCUT2D eigenvalue weighted by Gasteiger charge is -2.14. The van der Waals surface area contributed by atoms with Crippen LogP contribution in [0.4, 0.5) is 5.69 Å². The highest BCUT2D eigenvalue weighted by Crippen LogP contribution is 2.36. The molecule has 0 unspecified atom stereocenters. The average molecular weight is 376 g/mol. The van der Waals surface area contributed by atoms with E-state index in [9.17, 15) is 4.79 Å². The molecule has 2 nitrogen and oxygen atoms in total. The molecule has 2 aromatic rings. The summed E-state index contributed by atoms with van der Waals surface area (Å²) in [6.07, 6.45) is 1.87. The summed E-state index contributed by atoms with van der Waals surface area (Å²) < 4.78 is 1.53. The van der Waals surface area contributed by atoms with Crippen LogP contribution in [-0.2, 0) is 4.79 Å². The number of anilines is 1. The monoisotopic (exact) mass is 375 g/mol. The molecule has 0 aliphatic carbocycles. The van der Waals surface area contributed by atoms with Gasteiger partial charge in [-0.25, -0.2) is 0 Å². The van der Waals surface area contributed by atoms with E-state index in [0.717, 1.165) is 15.7 Å². The lowest BCUT2D eigenvalue weighted by molar-refractivity contribution is -0.113. The second-order valence-electron chi connectivity index (χ2n) is 4.40. The summed E-state index contributed by atoms with van der Waals surface area (Å²) in [5.74, 6) is -0.0730. The van der Waals surface area contributed by atoms with Crippen molar-refractivity contribution in [1.82, 2.24) is 0 Å². The van der Waals surface area contributed by atoms with E-state index in [-0.39, 0.29) is 5.91 Å². The van der Waals surface area contributed by atoms with Gasteiger partial charge in [0.1, 0.15) is 0 Å². The summed E-state index contributed by atoms with van der Waals surface area (Å²) in [6.45, 7) is 0. The average Bonchev–Trinajstić information content (AvgIpc) is 2.76. The highest BCUT2D eigenvalue weighted by Gasteiger charge is 2.33. The minimum absolute atomic E-state index is 0.0730. The predicted octanol–water partition coefficient (Wildman–Crippen LogP) is 4.85. The number of carbonyl (C=O) groups is 1. The Bertz CT molecular complexity index is 726. The quantitative estimate of drug-likeness (QED) is 0.552. The topological polar surface area (TPSA) is 20.3 Å². The van der Waals surface area contributed by atoms with E-state index >= 15 is 0 Å². The van der Waals surface area contributed by atoms with Gasteiger partial charge in [0.25, 0.3) is 5.91 Å². The number of benzene rings is 2. The lowest BCUT2D eigenvalue weighted by atomic mass is 10.2. The zero-order valence-electron chi connectivity index (χ0n) is 10.8. The van der Waals surface area contributed by atoms with Gasteiger partial charge in [0, 0.05) is 4.47 Å². The third kappa shape index (κ3) is 3.10. The fraction of sp³-hybridized carbons (Fsp3) is 0. The van der Waals surface area contributed by atoms with Gasteiger partial charge >= 0.3 is 0 Å². The smallest absolute Gasteiger partial charge is 0.268 e. The van der Waals surface area contributed by atoms with Crippen LogP contribution in [0, 0.1) is 0 Å². The molecule has 1 fully saturated rings. The molecule has 1 saturated heterocycles. The molecular formula is C16H10BrNOS2. The van der Waals surface area contributed by atoms with Crippen molar-refractivity contribution in [3.05, 3.63) is 69.5 Å². The van der Waals surface area contributed by atoms with Gasteiger partial charge in [0.15, 0.2) is 4.32 Å². The summed E-state index contributed by atoms with van der Waals surface area (Å²) in [7, 11) is 0. The molecular weight excluding hydrogens is 366 g/mol. The number of hydrogen-bond donors (Lipinski definition) is 0. The van der Waals surface area contributed by atoms with Gasteiger partial charge < -0.3 is 0 Å². The molecule has 0 spiro atoms. The summed E-state index contributed by atoms with van der Waals surface area (Å²) in [5, 5.41) is 0. The molecule has 1 aliphatic heterocycles. The molecule has 3 rings (SSSR count). The van der Waals surface area contributed by atoms with Crippen LogP contribution in [0.15, 0.2) is 64.0 Å². The second-order valence-corrected chi connectivity index (χ2v) is 7.00. The summed E-state index contributed by atoms with van der Waals surface area (Å²) in [5.41, 5.74) is 1.78. The van der Waals surface area contributed by atoms with Crippen LogP contribution in [0.3, 0.4) is 0 Å². The van der Waals surface area contributed by atoms with Crippen LogP contribution in [0.2, 0.25) is 0 Å². The van der Waals surface area contributed by atoms with Crippen LogP contribution < -0.4 is 4.90 Å². The number of halogens is 1. The first kappa shape index (κ1) is 14.5. The van der Waals surface area contributed by atoms with E-state index < -0.39 is 0 Å². The Kier molecular flexibility index (Phi) is 4.24. The minimum atomic E-state index is -0.0730. The highest BCUT2D eigenvalue weighted by molar-refractivity contribution is 9.10. The SMILES string of the molecule is O=C1/C(=C/c2ccccc2)SC(=S)N1c1ccc(Br)cc1. The molecule has 0 saturated carbocycles. The standard InChI is InChI=1S/C16H10BrNOS2/c17-12-6-8-13(9-7-12)18-15(19)14(21-16(18)20)10-11-4-2-1-3-5-11/h1-10H/b14-10-. The van der Waals surface area contributed by atoms with Crippen LogP contribution in [0.5, 0.6) is 0 Å². The highest BCUT2D eigenvalue weighted by atomic mass is 79.9. The van der Waals surface area contributed by atoms with Crippen molar-refractivity contribution >= 4 is 61.9 Å². The molecule has 0 N–H and O–H groups in total. The molecule has 1 amide bonds. The lowest BCUT2D eigenvalue weighted by Crippen LogP contribution is -2.27. The molecule has 0 atom stereocenters. The molecule has 21 heavy (non-hydrogen) atoms. The van der Waals surface area contributed by atoms with E-state index in [0.29, 0.717) is 9.23 Å². The van der Waals surface area contributed by atoms with Gasteiger partial charge in [-0.05, 0) is 35.9 Å². The molecule has 0 bridgehead atoms. The van der Waals surface area contributed by atoms with Gasteiger partial charge in [0.2, 0.25) is 0 Å². The first-order valence-electron chi connectivity index (χ1n) is 6.24. The molecule has 0 radical (unpaired) electrons. The summed E-state index contributed by atoms with van der Waals surface area (Å²) >= 11 is 10.1. The van der Waals surface area contributed by atoms with Gasteiger partial charge in [-0.1, -0.05) is 70.2 Å². The number of rotatable bonds is 2. The first-order chi connectivity index (χ1) is 10.1. The van der Waals surface area contributed by atoms with Crippen molar-refractivity contribution in [2.24, 2.45) is 0 Å². The van der Waals surface area contributed by atoms with E-state index in [1.165, 1.54) is 11.8 Å². The largest absolute Gasteiger partial charge is 0.270 e. The molecule has 1 aliphatic rings. The molecule has 104 valence electrons. The zero-order chi connectivity index (χ0) is 14.8. The van der Waals surface area contributed by atoms with E-state index in [2.05, 4.69) is 15.9 Å². The number of nitrogens with zero attached hydrogens (tertiary/aromatic N) is 1. The van der Waals surface area contributed by atoms with Gasteiger partial charge in [-0.2, -0.15) is 0 Å². The fourth-order valence-corrected chi connectivity index (χ4v) is 3.54. The first-order valence-corrected chi connectivity index (χ1v) is 8.25. The van der Waals surface area contributed by atoms with E-state index in [1.54, 1.807) is 4.90 Å². The third-order valence-corrected chi connectivity index (χ3v) is 4.81. The number of hydrogen-bond acceptors (Lipinski definition) is 3. The van der Waals surface area contributed by atoms with Crippen LogP contribution in [0.1, 0.15) is 5.56 Å². The third-order valence-electron chi connectivity index (χ3n) is 2.98. The number of carbonyl (C=O) groups excluding carboxylic acids is 1. The second kappa shape index (κ2) is 6.13. The van der Waals surface area contributed by atoms with Gasteiger partial charge in [-0.3, -0.25) is 9.69 Å². The maximum Gasteiger partial charge on any atom is 0.270 e. The summed E-state index contributed by atoms with van der Waals surface area (Å²) in [4.78, 5) is 14.8. The number of thiocarbonyl (C=S) groups is 1. The van der Waals surface area contributed by atoms with Gasteiger partial charge in [-0.15, -0.1) is 0 Å². The fourth-order valence-electron chi connectivity index (χ4n) is 1.98. The Morgan fingerprint density at radius 3 is 2.38 bits per heavy atom. The maximum atomic E-state index is 12.5. The molecule has 2 aromatic carbocycles. The van der Waals surface area contributed by atoms with Crippen molar-refractivity contribution in [3.63, 3.8) is 0 Å². The van der Waals surface area contributed by atoms with Crippen LogP contribution in [0.25, 0.3) is 6.08 Å². The number of thioether (sulfide) groups is 1. The Morgan fingerprint density at radius 1 is 1.05 bits per heavy atom. The number of amides is 1. The Hall–Kier alpha value is -1.43. The van der Waals surface area contributed by atoms with Crippen molar-refractivity contribution in [2.75, 3.05) is 4.90 Å². The molecule has 0 aromatic heterocycles. The minimum Gasteiger partial charge on any atom is -0.268 e. The Morgan fingerprint density at radius 2 is 1.71 bits per heavy atom. The zero-order valence-corrected chi connectivity index (χ0v) is 14.0. The molecule has 5 heteroatoms. The summed E-state index contributed by atoms with van der Waals surface area (Å²) in [6, 6.07) is 17.3. The van der Waals surface area contributed by atoms with Crippen molar-refractivity contribution < 1.29 is 4.79 Å². The van der Waals surface area contributed by atoms with Crippen LogP contribution in [-0.4, -0.2) is 10.2 Å². The van der Waals surface area contributed by atoms with E-state index in [1.807, 2.05) is 60.7 Å². The van der Waals surface area contributed by atoms with Crippen molar-refractivity contribution in [2.45, 2.75) is 0 Å². The van der Waals surface area contributed by atoms with E-state index in [4.69, 9.17) is 12.2 Å². The molecule has 1 heterocycles. The predicted molar refractivity (Wildman–Crippen MR) is 96.2 cm³/mol. The normalized spacial score (nSPS) is 16.8. The Balaban J connectivity index is 1.92.